The molecule has 7 nitrogen and oxygen atoms in total. The molecule has 5 rings (SSSR count). The van der Waals surface area contributed by atoms with Gasteiger partial charge in [0.05, 0.1) is 10.4 Å². The van der Waals surface area contributed by atoms with Crippen molar-refractivity contribution < 1.29 is 4.79 Å². The molecule has 1 amide bonds. The number of nitrogens with one attached hydrogen (secondary N) is 2. The third kappa shape index (κ3) is 3.50. The highest BCUT2D eigenvalue weighted by atomic mass is 35.5. The normalized spacial score (nSPS) is 16.4. The molecule has 0 spiro atoms. The summed E-state index contributed by atoms with van der Waals surface area (Å²) >= 11 is 7.73. The Kier molecular flexibility index (Phi) is 5.21. The van der Waals surface area contributed by atoms with Crippen LogP contribution < -0.4 is 5.32 Å². The topological polar surface area (TPSA) is 86.8 Å². The van der Waals surface area contributed by atoms with Crippen molar-refractivity contribution in [3.63, 3.8) is 0 Å². The van der Waals surface area contributed by atoms with Gasteiger partial charge < -0.3 is 10.2 Å². The van der Waals surface area contributed by atoms with Crippen LogP contribution >= 0.6 is 22.9 Å². The Morgan fingerprint density at radius 2 is 2.23 bits per heavy atom. The van der Waals surface area contributed by atoms with E-state index in [1.54, 1.807) is 12.4 Å². The fourth-order valence-corrected chi connectivity index (χ4v) is 5.16. The van der Waals surface area contributed by atoms with E-state index in [4.69, 9.17) is 16.6 Å². The van der Waals surface area contributed by atoms with Crippen LogP contribution in [0.4, 0.5) is 0 Å². The SMILES string of the molecule is CNC1CCN(C(=O)c2nc(-c3[nH]nc4c(C)c(Cl)ccc34)sc2-c2cccnc2)C1. The Bertz CT molecular complexity index is 1270. The first kappa shape index (κ1) is 20.1. The number of benzene rings is 1. The lowest BCUT2D eigenvalue weighted by molar-refractivity contribution is 0.0785. The lowest BCUT2D eigenvalue weighted by Crippen LogP contribution is -2.33. The van der Waals surface area contributed by atoms with Gasteiger partial charge in [0, 0.05) is 47.5 Å². The predicted molar refractivity (Wildman–Crippen MR) is 124 cm³/mol. The number of carbonyl (C=O) groups is 1. The maximum atomic E-state index is 13.4. The number of H-pyrrole nitrogens is 1. The number of hydrogen-bond donors (Lipinski definition) is 2. The van der Waals surface area contributed by atoms with Gasteiger partial charge >= 0.3 is 0 Å². The number of carbonyl (C=O) groups excluding carboxylic acids is 1. The van der Waals surface area contributed by atoms with E-state index in [0.717, 1.165) is 44.0 Å². The molecular weight excluding hydrogens is 432 g/mol. The van der Waals surface area contributed by atoms with E-state index in [9.17, 15) is 4.79 Å². The van der Waals surface area contributed by atoms with Crippen molar-refractivity contribution in [1.82, 2.24) is 30.4 Å². The zero-order valence-corrected chi connectivity index (χ0v) is 18.7. The first-order chi connectivity index (χ1) is 15.1. The second kappa shape index (κ2) is 8.03. The minimum Gasteiger partial charge on any atom is -0.336 e. The van der Waals surface area contributed by atoms with Gasteiger partial charge in [-0.25, -0.2) is 4.98 Å². The van der Waals surface area contributed by atoms with Gasteiger partial charge in [0.25, 0.3) is 5.91 Å². The second-order valence-electron chi connectivity index (χ2n) is 7.63. The van der Waals surface area contributed by atoms with E-state index in [2.05, 4.69) is 20.5 Å². The van der Waals surface area contributed by atoms with Crippen LogP contribution in [0.5, 0.6) is 0 Å². The summed E-state index contributed by atoms with van der Waals surface area (Å²) in [6.45, 7) is 3.34. The third-order valence-corrected chi connectivity index (χ3v) is 7.30. The molecule has 0 saturated carbocycles. The lowest BCUT2D eigenvalue weighted by Gasteiger charge is -2.15. The summed E-state index contributed by atoms with van der Waals surface area (Å²) in [6, 6.07) is 7.94. The number of halogens is 1. The average Bonchev–Trinajstić information content (AvgIpc) is 3.54. The summed E-state index contributed by atoms with van der Waals surface area (Å²) in [7, 11) is 1.93. The van der Waals surface area contributed by atoms with Gasteiger partial charge in [-0.2, -0.15) is 5.10 Å². The molecule has 0 radical (unpaired) electrons. The lowest BCUT2D eigenvalue weighted by atomic mass is 10.1. The fourth-order valence-electron chi connectivity index (χ4n) is 3.95. The molecule has 0 aliphatic carbocycles. The van der Waals surface area contributed by atoms with E-state index >= 15 is 0 Å². The van der Waals surface area contributed by atoms with Gasteiger partial charge in [0.1, 0.15) is 16.4 Å². The average molecular weight is 453 g/mol. The van der Waals surface area contributed by atoms with Gasteiger partial charge in [0.15, 0.2) is 0 Å². The summed E-state index contributed by atoms with van der Waals surface area (Å²) in [5.74, 6) is -0.0536. The predicted octanol–water partition coefficient (Wildman–Crippen LogP) is 4.14. The van der Waals surface area contributed by atoms with Crippen LogP contribution in [0, 0.1) is 6.92 Å². The van der Waals surface area contributed by atoms with Crippen LogP contribution in [0.25, 0.3) is 32.0 Å². The zero-order chi connectivity index (χ0) is 21.5. The number of aromatic amines is 1. The highest BCUT2D eigenvalue weighted by molar-refractivity contribution is 7.18. The van der Waals surface area contributed by atoms with Crippen LogP contribution in [0.15, 0.2) is 36.7 Å². The van der Waals surface area contributed by atoms with E-state index in [-0.39, 0.29) is 5.91 Å². The Morgan fingerprint density at radius 3 is 2.97 bits per heavy atom. The Labute approximate surface area is 188 Å². The maximum absolute atomic E-state index is 13.4. The molecule has 2 N–H and O–H groups in total. The monoisotopic (exact) mass is 452 g/mol. The first-order valence-corrected chi connectivity index (χ1v) is 11.3. The molecule has 4 heterocycles. The highest BCUT2D eigenvalue weighted by Gasteiger charge is 2.30. The number of likely N-dealkylation sites (N-methyl/N-ethyl adjacent to an activating group) is 1. The fraction of sp³-hybridized carbons (Fsp3) is 0.273. The van der Waals surface area contributed by atoms with Gasteiger partial charge in [0.2, 0.25) is 0 Å². The number of aryl methyl sites for hydroxylation is 1. The Balaban J connectivity index is 1.62. The van der Waals surface area contributed by atoms with Crippen molar-refractivity contribution in [2.75, 3.05) is 20.1 Å². The molecule has 1 aliphatic heterocycles. The third-order valence-electron chi connectivity index (χ3n) is 5.76. The smallest absolute Gasteiger partial charge is 0.274 e. The second-order valence-corrected chi connectivity index (χ2v) is 9.04. The van der Waals surface area contributed by atoms with Gasteiger partial charge in [-0.15, -0.1) is 11.3 Å². The maximum Gasteiger partial charge on any atom is 0.274 e. The van der Waals surface area contributed by atoms with Crippen molar-refractivity contribution in [3.8, 4) is 21.1 Å². The number of likely N-dealkylation sites (tertiary alicyclic amines) is 1. The highest BCUT2D eigenvalue weighted by Crippen LogP contribution is 2.39. The van der Waals surface area contributed by atoms with Gasteiger partial charge in [-0.05, 0) is 44.2 Å². The molecule has 1 unspecified atom stereocenters. The molecule has 158 valence electrons. The number of amides is 1. The molecule has 1 aliphatic rings. The van der Waals surface area contributed by atoms with Crippen molar-refractivity contribution >= 4 is 39.7 Å². The Hall–Kier alpha value is -2.81. The standard InChI is InChI=1S/C22H21ClN6OS/c1-12-16(23)6-5-15-17(12)27-28-18(15)21-26-19(20(31-21)13-4-3-8-25-10-13)22(30)29-9-7-14(11-29)24-2/h3-6,8,10,14,24H,7,9,11H2,1-2H3,(H,27,28). The van der Waals surface area contributed by atoms with E-state index in [1.165, 1.54) is 11.3 Å². The van der Waals surface area contributed by atoms with E-state index < -0.39 is 0 Å². The molecule has 1 aromatic carbocycles. The molecule has 1 saturated heterocycles. The number of aromatic nitrogens is 4. The van der Waals surface area contributed by atoms with Crippen LogP contribution in [-0.2, 0) is 0 Å². The zero-order valence-electron chi connectivity index (χ0n) is 17.1. The number of rotatable bonds is 4. The minimum atomic E-state index is -0.0536. The number of pyridine rings is 1. The van der Waals surface area contributed by atoms with Crippen LogP contribution in [0.1, 0.15) is 22.5 Å². The van der Waals surface area contributed by atoms with Crippen molar-refractivity contribution in [2.24, 2.45) is 0 Å². The number of nitrogens with zero attached hydrogens (tertiary/aromatic N) is 4. The van der Waals surface area contributed by atoms with Crippen LogP contribution in [0.2, 0.25) is 5.02 Å². The Morgan fingerprint density at radius 1 is 1.35 bits per heavy atom. The summed E-state index contributed by atoms with van der Waals surface area (Å²) in [4.78, 5) is 25.1. The summed E-state index contributed by atoms with van der Waals surface area (Å²) in [6.07, 6.45) is 4.43. The molecule has 0 bridgehead atoms. The molecule has 4 aromatic rings. The summed E-state index contributed by atoms with van der Waals surface area (Å²) in [5, 5.41) is 13.1. The molecule has 3 aromatic heterocycles. The largest absolute Gasteiger partial charge is 0.336 e. The van der Waals surface area contributed by atoms with Crippen LogP contribution in [-0.4, -0.2) is 57.2 Å². The summed E-state index contributed by atoms with van der Waals surface area (Å²) < 4.78 is 0. The van der Waals surface area contributed by atoms with Crippen molar-refractivity contribution in [2.45, 2.75) is 19.4 Å². The van der Waals surface area contributed by atoms with Gasteiger partial charge in [-0.3, -0.25) is 14.9 Å². The molecule has 9 heteroatoms. The van der Waals surface area contributed by atoms with Crippen molar-refractivity contribution in [3.05, 3.63) is 52.9 Å². The summed E-state index contributed by atoms with van der Waals surface area (Å²) in [5.41, 5.74) is 3.85. The van der Waals surface area contributed by atoms with E-state index in [1.807, 2.05) is 43.1 Å². The van der Waals surface area contributed by atoms with Crippen LogP contribution in [0.3, 0.4) is 0 Å². The number of thiazole rings is 1. The van der Waals surface area contributed by atoms with E-state index in [0.29, 0.717) is 29.8 Å². The van der Waals surface area contributed by atoms with Crippen molar-refractivity contribution in [1.29, 1.82) is 0 Å². The molecular formula is C22H21ClN6OS. The number of fused-ring (bicyclic) bond motifs is 1. The van der Waals surface area contributed by atoms with Gasteiger partial charge in [-0.1, -0.05) is 17.7 Å². The molecule has 31 heavy (non-hydrogen) atoms. The molecule has 1 fully saturated rings. The quantitative estimate of drug-likeness (QED) is 0.486. The first-order valence-electron chi connectivity index (χ1n) is 10.1. The minimum absolute atomic E-state index is 0.0536. The number of hydrogen-bond acceptors (Lipinski definition) is 6. The molecule has 1 atom stereocenters.